The highest BCUT2D eigenvalue weighted by Gasteiger charge is 2.14. The number of hydrogen-bond acceptors (Lipinski definition) is 4. The summed E-state index contributed by atoms with van der Waals surface area (Å²) >= 11 is 0. The van der Waals surface area contributed by atoms with Gasteiger partial charge in [-0.05, 0) is 12.1 Å². The minimum atomic E-state index is -0.608. The second kappa shape index (κ2) is 6.37. The first-order chi connectivity index (χ1) is 11.5. The van der Waals surface area contributed by atoms with Crippen molar-refractivity contribution >= 4 is 28.4 Å². The van der Waals surface area contributed by atoms with E-state index in [9.17, 15) is 14.4 Å². The molecule has 0 saturated carbocycles. The molecule has 0 spiro atoms. The number of fused-ring (bicyclic) bond motifs is 1. The molecule has 3 rings (SSSR count). The highest BCUT2D eigenvalue weighted by Crippen LogP contribution is 2.07. The molecule has 2 aromatic heterocycles. The molecule has 0 unspecified atom stereocenters. The molecular weight excluding hydrogens is 310 g/mol. The second-order valence-electron chi connectivity index (χ2n) is 5.21. The maximum atomic E-state index is 12.3. The van der Waals surface area contributed by atoms with Gasteiger partial charge in [-0.25, -0.2) is 0 Å². The van der Waals surface area contributed by atoms with Gasteiger partial charge in [-0.1, -0.05) is 12.1 Å². The lowest BCUT2D eigenvalue weighted by Gasteiger charge is -2.06. The number of amides is 2. The van der Waals surface area contributed by atoms with E-state index in [1.807, 2.05) is 0 Å². The Balaban J connectivity index is 1.68. The molecule has 122 valence electrons. The van der Waals surface area contributed by atoms with E-state index in [0.717, 1.165) is 0 Å². The van der Waals surface area contributed by atoms with Gasteiger partial charge in [-0.15, -0.1) is 0 Å². The second-order valence-corrected chi connectivity index (χ2v) is 5.21. The fourth-order valence-corrected chi connectivity index (χ4v) is 2.28. The zero-order valence-electron chi connectivity index (χ0n) is 12.9. The molecule has 1 aromatic carbocycles. The summed E-state index contributed by atoms with van der Waals surface area (Å²) in [6, 6.07) is 6.90. The molecule has 3 aromatic rings. The first kappa shape index (κ1) is 15.5. The average Bonchev–Trinajstić information content (AvgIpc) is 2.98. The van der Waals surface area contributed by atoms with Crippen molar-refractivity contribution in [2.45, 2.75) is 0 Å². The number of benzene rings is 1. The van der Waals surface area contributed by atoms with E-state index in [-0.39, 0.29) is 17.5 Å². The summed E-state index contributed by atoms with van der Waals surface area (Å²) in [5.41, 5.74) is 0.756. The van der Waals surface area contributed by atoms with E-state index in [4.69, 9.17) is 0 Å². The molecule has 8 nitrogen and oxygen atoms in total. The Morgan fingerprint density at radius 2 is 2.08 bits per heavy atom. The molecule has 8 heteroatoms. The van der Waals surface area contributed by atoms with E-state index in [1.54, 1.807) is 42.2 Å². The first-order valence-electron chi connectivity index (χ1n) is 7.22. The lowest BCUT2D eigenvalue weighted by atomic mass is 10.1. The fourth-order valence-electron chi connectivity index (χ4n) is 2.28. The van der Waals surface area contributed by atoms with Crippen LogP contribution in [0.5, 0.6) is 0 Å². The van der Waals surface area contributed by atoms with Crippen LogP contribution in [0.3, 0.4) is 0 Å². The molecule has 0 bridgehead atoms. The molecule has 2 amide bonds. The Morgan fingerprint density at radius 3 is 2.83 bits per heavy atom. The standard InChI is InChI=1S/C16H15N5O3/c1-21-9-10(6-19-21)20-14(22)8-18-16(24)12-7-17-13-5-3-2-4-11(13)15(12)23/h2-7,9H,8H2,1H3,(H,17,23)(H,18,24)(H,20,22). The number of rotatable bonds is 4. The SMILES string of the molecule is Cn1cc(NC(=O)CNC(=O)c2c[nH]c3ccccc3c2=O)cn1. The van der Waals surface area contributed by atoms with Crippen molar-refractivity contribution in [1.82, 2.24) is 20.1 Å². The van der Waals surface area contributed by atoms with Crippen LogP contribution in [0.15, 0.2) is 47.7 Å². The highest BCUT2D eigenvalue weighted by atomic mass is 16.2. The van der Waals surface area contributed by atoms with Gasteiger partial charge < -0.3 is 15.6 Å². The first-order valence-corrected chi connectivity index (χ1v) is 7.22. The van der Waals surface area contributed by atoms with E-state index >= 15 is 0 Å². The average molecular weight is 325 g/mol. The number of aromatic amines is 1. The molecule has 0 fully saturated rings. The third kappa shape index (κ3) is 3.17. The predicted octanol–water partition coefficient (Wildman–Crippen LogP) is 0.630. The van der Waals surface area contributed by atoms with Crippen LogP contribution in [0.1, 0.15) is 10.4 Å². The summed E-state index contributed by atoms with van der Waals surface area (Å²) in [6.07, 6.45) is 4.47. The van der Waals surface area contributed by atoms with Crippen LogP contribution in [0, 0.1) is 0 Å². The molecule has 0 atom stereocenters. The monoisotopic (exact) mass is 325 g/mol. The third-order valence-electron chi connectivity index (χ3n) is 3.43. The van der Waals surface area contributed by atoms with Crippen molar-refractivity contribution < 1.29 is 9.59 Å². The predicted molar refractivity (Wildman–Crippen MR) is 88.7 cm³/mol. The Morgan fingerprint density at radius 1 is 1.29 bits per heavy atom. The van der Waals surface area contributed by atoms with Gasteiger partial charge in [-0.2, -0.15) is 5.10 Å². The molecule has 0 aliphatic rings. The van der Waals surface area contributed by atoms with Crippen LogP contribution in [0.2, 0.25) is 0 Å². The van der Waals surface area contributed by atoms with E-state index in [2.05, 4.69) is 20.7 Å². The van der Waals surface area contributed by atoms with Gasteiger partial charge in [0, 0.05) is 30.3 Å². The highest BCUT2D eigenvalue weighted by molar-refractivity contribution is 6.00. The summed E-state index contributed by atoms with van der Waals surface area (Å²) < 4.78 is 1.54. The normalized spacial score (nSPS) is 10.5. The van der Waals surface area contributed by atoms with Gasteiger partial charge >= 0.3 is 0 Å². The van der Waals surface area contributed by atoms with Crippen LogP contribution < -0.4 is 16.1 Å². The maximum absolute atomic E-state index is 12.3. The molecular formula is C16H15N5O3. The Kier molecular flexibility index (Phi) is 4.11. The number of anilines is 1. The number of carbonyl (C=O) groups is 2. The quantitative estimate of drug-likeness (QED) is 0.653. The lowest BCUT2D eigenvalue weighted by Crippen LogP contribution is -2.35. The summed E-state index contributed by atoms with van der Waals surface area (Å²) in [4.78, 5) is 39.2. The van der Waals surface area contributed by atoms with Crippen LogP contribution >= 0.6 is 0 Å². The van der Waals surface area contributed by atoms with Crippen LogP contribution in [-0.2, 0) is 11.8 Å². The number of H-pyrrole nitrogens is 1. The maximum Gasteiger partial charge on any atom is 0.257 e. The van der Waals surface area contributed by atoms with Crippen molar-refractivity contribution in [2.75, 3.05) is 11.9 Å². The van der Waals surface area contributed by atoms with Crippen LogP contribution in [0.25, 0.3) is 10.9 Å². The number of aromatic nitrogens is 3. The minimum absolute atomic E-state index is 0.0390. The molecule has 2 heterocycles. The molecule has 24 heavy (non-hydrogen) atoms. The van der Waals surface area contributed by atoms with Crippen molar-refractivity contribution in [3.05, 3.63) is 58.6 Å². The van der Waals surface area contributed by atoms with Gasteiger partial charge in [0.15, 0.2) is 0 Å². The minimum Gasteiger partial charge on any atom is -0.360 e. The van der Waals surface area contributed by atoms with Crippen molar-refractivity contribution in [2.24, 2.45) is 7.05 Å². The van der Waals surface area contributed by atoms with Crippen molar-refractivity contribution in [3.63, 3.8) is 0 Å². The Bertz CT molecular complexity index is 973. The number of nitrogens with one attached hydrogen (secondary N) is 3. The summed E-state index contributed by atoms with van der Waals surface area (Å²) in [5.74, 6) is -1.02. The molecule has 3 N–H and O–H groups in total. The fraction of sp³-hybridized carbons (Fsp3) is 0.125. The Hall–Kier alpha value is -3.42. The van der Waals surface area contributed by atoms with Gasteiger partial charge in [0.2, 0.25) is 11.3 Å². The number of carbonyl (C=O) groups excluding carboxylic acids is 2. The number of hydrogen-bond donors (Lipinski definition) is 3. The smallest absolute Gasteiger partial charge is 0.257 e. The van der Waals surface area contributed by atoms with Gasteiger partial charge in [-0.3, -0.25) is 19.1 Å². The van der Waals surface area contributed by atoms with Crippen LogP contribution in [0.4, 0.5) is 5.69 Å². The van der Waals surface area contributed by atoms with Gasteiger partial charge in [0.1, 0.15) is 5.56 Å². The zero-order chi connectivity index (χ0) is 17.1. The van der Waals surface area contributed by atoms with Crippen molar-refractivity contribution in [3.8, 4) is 0 Å². The van der Waals surface area contributed by atoms with Crippen molar-refractivity contribution in [1.29, 1.82) is 0 Å². The van der Waals surface area contributed by atoms with E-state index in [0.29, 0.717) is 16.6 Å². The number of pyridine rings is 1. The molecule has 0 aliphatic carbocycles. The number of para-hydroxylation sites is 1. The summed E-state index contributed by atoms with van der Waals surface area (Å²) in [7, 11) is 1.73. The molecule has 0 aliphatic heterocycles. The zero-order valence-corrected chi connectivity index (χ0v) is 12.9. The number of aryl methyl sites for hydroxylation is 1. The third-order valence-corrected chi connectivity index (χ3v) is 3.43. The largest absolute Gasteiger partial charge is 0.360 e. The summed E-state index contributed by atoms with van der Waals surface area (Å²) in [6.45, 7) is -0.250. The van der Waals surface area contributed by atoms with Gasteiger partial charge in [0.25, 0.3) is 5.91 Å². The lowest BCUT2D eigenvalue weighted by molar-refractivity contribution is -0.115. The Labute approximate surface area is 136 Å². The van der Waals surface area contributed by atoms with Crippen LogP contribution in [-0.4, -0.2) is 33.1 Å². The summed E-state index contributed by atoms with van der Waals surface area (Å²) in [5, 5.41) is 9.37. The van der Waals surface area contributed by atoms with E-state index in [1.165, 1.54) is 12.4 Å². The topological polar surface area (TPSA) is 109 Å². The molecule has 0 radical (unpaired) electrons. The number of nitrogens with zero attached hydrogens (tertiary/aromatic N) is 2. The van der Waals surface area contributed by atoms with E-state index < -0.39 is 11.8 Å². The van der Waals surface area contributed by atoms with Gasteiger partial charge in [0.05, 0.1) is 18.4 Å². The molecule has 0 saturated heterocycles.